The van der Waals surface area contributed by atoms with Crippen molar-refractivity contribution in [1.29, 1.82) is 0 Å². The van der Waals surface area contributed by atoms with Crippen LogP contribution in [0.3, 0.4) is 0 Å². The summed E-state index contributed by atoms with van der Waals surface area (Å²) in [6, 6.07) is 10.2. The maximum absolute atomic E-state index is 5.82. The molecule has 0 aromatic heterocycles. The highest BCUT2D eigenvalue weighted by molar-refractivity contribution is 6.73. The van der Waals surface area contributed by atoms with E-state index in [1.165, 1.54) is 68.5 Å². The Kier molecular flexibility index (Phi) is 12.7. The van der Waals surface area contributed by atoms with Crippen molar-refractivity contribution in [1.82, 2.24) is 4.90 Å². The molecule has 1 rings (SSSR count). The lowest BCUT2D eigenvalue weighted by Crippen LogP contribution is -2.37. The van der Waals surface area contributed by atoms with Crippen LogP contribution in [0, 0.1) is 0 Å². The zero-order chi connectivity index (χ0) is 18.3. The number of benzene rings is 1. The summed E-state index contributed by atoms with van der Waals surface area (Å²) in [5, 5.41) is 1.49. The van der Waals surface area contributed by atoms with Gasteiger partial charge in [0, 0.05) is 12.8 Å². The summed E-state index contributed by atoms with van der Waals surface area (Å²) in [7, 11) is -0.649. The van der Waals surface area contributed by atoms with E-state index in [4.69, 9.17) is 4.74 Å². The molecule has 141 valence electrons. The van der Waals surface area contributed by atoms with Gasteiger partial charge in [-0.15, -0.1) is 0 Å². The second-order valence-electron chi connectivity index (χ2n) is 6.72. The van der Waals surface area contributed by atoms with Gasteiger partial charge in [0.2, 0.25) is 0 Å². The Morgan fingerprint density at radius 3 is 2.32 bits per heavy atom. The Morgan fingerprint density at radius 2 is 1.72 bits per heavy atom. The van der Waals surface area contributed by atoms with Crippen LogP contribution in [0.15, 0.2) is 30.8 Å². The molecule has 0 aliphatic rings. The van der Waals surface area contributed by atoms with Gasteiger partial charge in [-0.25, -0.2) is 0 Å². The van der Waals surface area contributed by atoms with E-state index >= 15 is 0 Å². The van der Waals surface area contributed by atoms with E-state index in [0.29, 0.717) is 0 Å². The summed E-state index contributed by atoms with van der Waals surface area (Å²) in [4.78, 5) is 2.67. The van der Waals surface area contributed by atoms with Gasteiger partial charge in [0.25, 0.3) is 0 Å². The molecule has 0 aliphatic heterocycles. The average Bonchev–Trinajstić information content (AvgIpc) is 2.66. The fourth-order valence-electron chi connectivity index (χ4n) is 3.03. The molecule has 0 bridgehead atoms. The first kappa shape index (κ1) is 22.1. The zero-order valence-corrected chi connectivity index (χ0v) is 17.7. The predicted octanol–water partition coefficient (Wildman–Crippen LogP) is 4.90. The SMILES string of the molecule is C=Cc1cccc([Si](CCCN(CCCC)CCCC)COCC)c1. The molecule has 2 nitrogen and oxygen atoms in total. The molecule has 25 heavy (non-hydrogen) atoms. The number of unbranched alkanes of at least 4 members (excludes halogenated alkanes) is 2. The summed E-state index contributed by atoms with van der Waals surface area (Å²) < 4.78 is 5.82. The van der Waals surface area contributed by atoms with Crippen LogP contribution in [0.4, 0.5) is 0 Å². The van der Waals surface area contributed by atoms with Crippen LogP contribution >= 0.6 is 0 Å². The average molecular weight is 361 g/mol. The van der Waals surface area contributed by atoms with E-state index in [1.807, 2.05) is 6.08 Å². The molecule has 0 aliphatic carbocycles. The van der Waals surface area contributed by atoms with Crippen LogP contribution in [0.25, 0.3) is 6.08 Å². The molecule has 1 aromatic rings. The first-order valence-electron chi connectivity index (χ1n) is 10.1. The first-order valence-corrected chi connectivity index (χ1v) is 12.0. The van der Waals surface area contributed by atoms with Gasteiger partial charge in [-0.2, -0.15) is 0 Å². The smallest absolute Gasteiger partial charge is 0.117 e. The van der Waals surface area contributed by atoms with Gasteiger partial charge in [-0.1, -0.05) is 74.8 Å². The van der Waals surface area contributed by atoms with E-state index in [1.54, 1.807) is 0 Å². The first-order chi connectivity index (χ1) is 12.2. The fourth-order valence-corrected chi connectivity index (χ4v) is 5.36. The summed E-state index contributed by atoms with van der Waals surface area (Å²) >= 11 is 0. The molecule has 3 heteroatoms. The van der Waals surface area contributed by atoms with E-state index < -0.39 is 8.80 Å². The molecule has 0 saturated carbocycles. The summed E-state index contributed by atoms with van der Waals surface area (Å²) in [6.07, 6.45) is 9.37. The molecule has 1 radical (unpaired) electrons. The lowest BCUT2D eigenvalue weighted by atomic mass is 10.2. The second kappa shape index (κ2) is 14.3. The van der Waals surface area contributed by atoms with Crippen LogP contribution in [-0.4, -0.2) is 46.2 Å². The Bertz CT molecular complexity index is 455. The van der Waals surface area contributed by atoms with Gasteiger partial charge in [-0.3, -0.25) is 0 Å². The number of nitrogens with zero attached hydrogens (tertiary/aromatic N) is 1. The second-order valence-corrected chi connectivity index (χ2v) is 9.30. The van der Waals surface area contributed by atoms with Crippen molar-refractivity contribution in [2.75, 3.05) is 32.5 Å². The van der Waals surface area contributed by atoms with Crippen molar-refractivity contribution in [2.45, 2.75) is 58.9 Å². The fraction of sp³-hybridized carbons (Fsp3) is 0.636. The van der Waals surface area contributed by atoms with Crippen LogP contribution in [0.1, 0.15) is 58.4 Å². The minimum absolute atomic E-state index is 0.649. The Balaban J connectivity index is 2.59. The molecule has 0 atom stereocenters. The van der Waals surface area contributed by atoms with Gasteiger partial charge >= 0.3 is 0 Å². The lowest BCUT2D eigenvalue weighted by molar-refractivity contribution is 0.191. The lowest BCUT2D eigenvalue weighted by Gasteiger charge is -2.23. The molecular weight excluding hydrogens is 322 g/mol. The molecule has 0 fully saturated rings. The van der Waals surface area contributed by atoms with E-state index in [0.717, 1.165) is 12.8 Å². The van der Waals surface area contributed by atoms with Gasteiger partial charge in [0.05, 0.1) is 0 Å². The molecule has 0 N–H and O–H groups in total. The third-order valence-corrected chi connectivity index (χ3v) is 7.26. The Morgan fingerprint density at radius 1 is 1.04 bits per heavy atom. The van der Waals surface area contributed by atoms with Crippen LogP contribution in [0.5, 0.6) is 0 Å². The van der Waals surface area contributed by atoms with Crippen molar-refractivity contribution >= 4 is 20.1 Å². The summed E-state index contributed by atoms with van der Waals surface area (Å²) in [5.74, 6) is 0. The van der Waals surface area contributed by atoms with E-state index in [-0.39, 0.29) is 0 Å². The molecular formula is C22H38NOSi. The number of ether oxygens (including phenoxy) is 1. The van der Waals surface area contributed by atoms with Gasteiger partial charge in [0.1, 0.15) is 8.80 Å². The highest BCUT2D eigenvalue weighted by atomic mass is 28.3. The van der Waals surface area contributed by atoms with Crippen molar-refractivity contribution in [3.8, 4) is 0 Å². The van der Waals surface area contributed by atoms with Crippen molar-refractivity contribution in [3.63, 3.8) is 0 Å². The number of rotatable bonds is 15. The Labute approximate surface area is 157 Å². The Hall–Kier alpha value is -0.903. The molecule has 0 heterocycles. The minimum atomic E-state index is -0.649. The largest absolute Gasteiger partial charge is 0.385 e. The van der Waals surface area contributed by atoms with Crippen LogP contribution < -0.4 is 5.19 Å². The monoisotopic (exact) mass is 360 g/mol. The third kappa shape index (κ3) is 9.38. The zero-order valence-electron chi connectivity index (χ0n) is 16.7. The normalized spacial score (nSPS) is 11.4. The summed E-state index contributed by atoms with van der Waals surface area (Å²) in [6.45, 7) is 15.1. The quantitative estimate of drug-likeness (QED) is 0.413. The van der Waals surface area contributed by atoms with Crippen molar-refractivity contribution in [3.05, 3.63) is 36.4 Å². The number of hydrogen-bond donors (Lipinski definition) is 0. The summed E-state index contributed by atoms with van der Waals surface area (Å²) in [5.41, 5.74) is 1.23. The molecule has 0 spiro atoms. The maximum Gasteiger partial charge on any atom is 0.117 e. The van der Waals surface area contributed by atoms with Crippen LogP contribution in [0.2, 0.25) is 6.04 Å². The predicted molar refractivity (Wildman–Crippen MR) is 114 cm³/mol. The van der Waals surface area contributed by atoms with Crippen molar-refractivity contribution in [2.24, 2.45) is 0 Å². The van der Waals surface area contributed by atoms with Crippen LogP contribution in [-0.2, 0) is 4.74 Å². The van der Waals surface area contributed by atoms with Crippen molar-refractivity contribution < 1.29 is 4.74 Å². The van der Waals surface area contributed by atoms with Gasteiger partial charge < -0.3 is 9.64 Å². The maximum atomic E-state index is 5.82. The molecule has 0 unspecified atom stereocenters. The highest BCUT2D eigenvalue weighted by Crippen LogP contribution is 2.07. The topological polar surface area (TPSA) is 12.5 Å². The van der Waals surface area contributed by atoms with Gasteiger partial charge in [-0.05, 0) is 51.4 Å². The molecule has 0 amide bonds. The highest BCUT2D eigenvalue weighted by Gasteiger charge is 2.15. The number of hydrogen-bond acceptors (Lipinski definition) is 2. The van der Waals surface area contributed by atoms with E-state index in [9.17, 15) is 0 Å². The molecule has 1 aromatic carbocycles. The standard InChI is InChI=1S/C22H38NOSi/c1-5-9-15-23(16-10-6-2)17-12-18-25(20-24-8-4)22-14-11-13-21(7-3)19-22/h7,11,13-14,19H,3,5-6,8-10,12,15-18,20H2,1-2,4H3. The third-order valence-electron chi connectivity index (χ3n) is 4.62. The molecule has 0 saturated heterocycles. The minimum Gasteiger partial charge on any atom is -0.385 e. The van der Waals surface area contributed by atoms with E-state index in [2.05, 4.69) is 56.5 Å². The van der Waals surface area contributed by atoms with Gasteiger partial charge in [0.15, 0.2) is 0 Å².